The van der Waals surface area contributed by atoms with Crippen LogP contribution in [0.25, 0.3) is 38.8 Å². The second-order valence-corrected chi connectivity index (χ2v) is 12.7. The molecule has 7 nitrogen and oxygen atoms in total. The van der Waals surface area contributed by atoms with Crippen LogP contribution in [0.4, 0.5) is 0 Å². The van der Waals surface area contributed by atoms with E-state index >= 15 is 0 Å². The molecule has 2 aromatic heterocycles. The smallest absolute Gasteiger partial charge is 0.240 e. The quantitative estimate of drug-likeness (QED) is 0.212. The van der Waals surface area contributed by atoms with Crippen LogP contribution in [-0.2, 0) is 10.0 Å². The minimum absolute atomic E-state index is 0.253. The number of allylic oxidation sites excluding steroid dienone is 1. The van der Waals surface area contributed by atoms with E-state index in [0.29, 0.717) is 40.5 Å². The third kappa shape index (κ3) is 5.21. The maximum absolute atomic E-state index is 13.6. The molecule has 1 aliphatic heterocycles. The highest BCUT2D eigenvalue weighted by Crippen LogP contribution is 2.32. The van der Waals surface area contributed by atoms with E-state index in [4.69, 9.17) is 5.10 Å². The molecule has 1 saturated heterocycles. The average Bonchev–Trinajstić information content (AvgIpc) is 3.51. The summed E-state index contributed by atoms with van der Waals surface area (Å²) in [7, 11) is -3.64. The first-order valence-electron chi connectivity index (χ1n) is 13.3. The van der Waals surface area contributed by atoms with Gasteiger partial charge in [0.25, 0.3) is 0 Å². The molecule has 0 saturated carbocycles. The van der Waals surface area contributed by atoms with Gasteiger partial charge >= 0.3 is 0 Å². The van der Waals surface area contributed by atoms with Crippen LogP contribution < -0.4 is 0 Å². The summed E-state index contributed by atoms with van der Waals surface area (Å²) < 4.78 is 31.5. The van der Waals surface area contributed by atoms with Crippen LogP contribution in [0.15, 0.2) is 90.0 Å². The molecule has 9 heteroatoms. The fourth-order valence-corrected chi connectivity index (χ4v) is 7.45. The van der Waals surface area contributed by atoms with Gasteiger partial charge in [-0.1, -0.05) is 55.3 Å². The zero-order valence-corrected chi connectivity index (χ0v) is 23.4. The topological polar surface area (TPSA) is 91.9 Å². The Hall–Kier alpha value is -4.10. The predicted octanol–water partition coefficient (Wildman–Crippen LogP) is 6.78. The van der Waals surface area contributed by atoms with Crippen LogP contribution in [0.5, 0.6) is 0 Å². The summed E-state index contributed by atoms with van der Waals surface area (Å²) in [6, 6.07) is 26.8. The summed E-state index contributed by atoms with van der Waals surface area (Å²) in [6.07, 6.45) is 7.50. The van der Waals surface area contributed by atoms with Gasteiger partial charge in [0.15, 0.2) is 0 Å². The van der Waals surface area contributed by atoms with E-state index in [0.717, 1.165) is 41.6 Å². The zero-order valence-electron chi connectivity index (χ0n) is 21.8. The molecule has 0 unspecified atom stereocenters. The van der Waals surface area contributed by atoms with E-state index in [1.54, 1.807) is 33.3 Å². The molecule has 40 heavy (non-hydrogen) atoms. The molecule has 0 spiro atoms. The third-order valence-corrected chi connectivity index (χ3v) is 9.98. The standard InChI is InChI=1S/C31H27N5O2S2/c32-21-24(31-33-28-15-6-7-16-29(28)39-31)19-25-22-36(26-12-4-3-5-13-26)34-30(25)23-11-10-14-27(20-23)40(37,38)35-17-8-1-2-9-18-35/h3-7,10-16,19-20,22H,1-2,8-9,17-18H2/b24-19-. The molecule has 200 valence electrons. The number of sulfonamides is 1. The number of fused-ring (bicyclic) bond motifs is 1. The van der Waals surface area contributed by atoms with Crippen molar-refractivity contribution in [1.29, 1.82) is 5.26 Å². The van der Waals surface area contributed by atoms with Crippen LogP contribution >= 0.6 is 11.3 Å². The lowest BCUT2D eigenvalue weighted by molar-refractivity contribution is 0.424. The van der Waals surface area contributed by atoms with Gasteiger partial charge < -0.3 is 0 Å². The average molecular weight is 566 g/mol. The van der Waals surface area contributed by atoms with E-state index < -0.39 is 10.0 Å². The minimum Gasteiger partial charge on any atom is -0.240 e. The molecule has 0 bridgehead atoms. The molecule has 1 aliphatic rings. The molecule has 0 N–H and O–H groups in total. The van der Waals surface area contributed by atoms with Crippen molar-refractivity contribution in [3.63, 3.8) is 0 Å². The van der Waals surface area contributed by atoms with Gasteiger partial charge in [-0.05, 0) is 55.3 Å². The Morgan fingerprint density at radius 2 is 1.68 bits per heavy atom. The molecule has 6 rings (SSSR count). The number of para-hydroxylation sites is 2. The Labute approximate surface area is 237 Å². The molecule has 3 heterocycles. The van der Waals surface area contributed by atoms with E-state index in [9.17, 15) is 13.7 Å². The number of nitriles is 1. The molecule has 1 fully saturated rings. The second kappa shape index (κ2) is 11.2. The van der Waals surface area contributed by atoms with Crippen molar-refractivity contribution >= 4 is 43.2 Å². The lowest BCUT2D eigenvalue weighted by Crippen LogP contribution is -2.31. The van der Waals surface area contributed by atoms with Crippen molar-refractivity contribution < 1.29 is 8.42 Å². The summed E-state index contributed by atoms with van der Waals surface area (Å²) in [4.78, 5) is 4.92. The zero-order chi connectivity index (χ0) is 27.5. The van der Waals surface area contributed by atoms with Gasteiger partial charge in [0.05, 0.1) is 26.4 Å². The number of nitrogens with zero attached hydrogens (tertiary/aromatic N) is 5. The van der Waals surface area contributed by atoms with Gasteiger partial charge in [-0.15, -0.1) is 11.3 Å². The molecular weight excluding hydrogens is 539 g/mol. The van der Waals surface area contributed by atoms with Crippen LogP contribution in [0.2, 0.25) is 0 Å². The number of hydrogen-bond acceptors (Lipinski definition) is 6. The highest BCUT2D eigenvalue weighted by atomic mass is 32.2. The largest absolute Gasteiger partial charge is 0.243 e. The Bertz CT molecular complexity index is 1810. The lowest BCUT2D eigenvalue weighted by Gasteiger charge is -2.20. The van der Waals surface area contributed by atoms with E-state index in [1.165, 1.54) is 11.3 Å². The normalized spacial score (nSPS) is 15.1. The van der Waals surface area contributed by atoms with Crippen molar-refractivity contribution in [2.75, 3.05) is 13.1 Å². The summed E-state index contributed by atoms with van der Waals surface area (Å²) in [5, 5.41) is 15.6. The van der Waals surface area contributed by atoms with Crippen LogP contribution in [0, 0.1) is 11.3 Å². The maximum atomic E-state index is 13.6. The van der Waals surface area contributed by atoms with E-state index in [2.05, 4.69) is 11.1 Å². The highest BCUT2D eigenvalue weighted by molar-refractivity contribution is 7.89. The fourth-order valence-electron chi connectivity index (χ4n) is 4.95. The van der Waals surface area contributed by atoms with Crippen LogP contribution in [-0.4, -0.2) is 40.6 Å². The van der Waals surface area contributed by atoms with Gasteiger partial charge in [-0.25, -0.2) is 18.1 Å². The first-order chi connectivity index (χ1) is 19.5. The lowest BCUT2D eigenvalue weighted by atomic mass is 10.1. The monoisotopic (exact) mass is 565 g/mol. The third-order valence-electron chi connectivity index (χ3n) is 7.02. The Morgan fingerprint density at radius 1 is 0.925 bits per heavy atom. The minimum atomic E-state index is -3.64. The molecule has 3 aromatic carbocycles. The highest BCUT2D eigenvalue weighted by Gasteiger charge is 2.26. The van der Waals surface area contributed by atoms with E-state index in [-0.39, 0.29) is 4.90 Å². The predicted molar refractivity (Wildman–Crippen MR) is 159 cm³/mol. The van der Waals surface area contributed by atoms with Crippen molar-refractivity contribution in [2.45, 2.75) is 30.6 Å². The number of hydrogen-bond donors (Lipinski definition) is 0. The maximum Gasteiger partial charge on any atom is 0.243 e. The molecule has 0 radical (unpaired) electrons. The Kier molecular flexibility index (Phi) is 7.30. The van der Waals surface area contributed by atoms with Crippen molar-refractivity contribution in [2.24, 2.45) is 0 Å². The van der Waals surface area contributed by atoms with Gasteiger partial charge in [-0.2, -0.15) is 14.7 Å². The molecule has 5 aromatic rings. The first-order valence-corrected chi connectivity index (χ1v) is 15.5. The first kappa shape index (κ1) is 26.1. The van der Waals surface area contributed by atoms with Gasteiger partial charge in [-0.3, -0.25) is 0 Å². The van der Waals surface area contributed by atoms with Crippen LogP contribution in [0.3, 0.4) is 0 Å². The summed E-state index contributed by atoms with van der Waals surface area (Å²) in [6.45, 7) is 1.08. The molecule has 0 amide bonds. The van der Waals surface area contributed by atoms with E-state index in [1.807, 2.05) is 66.9 Å². The number of aromatic nitrogens is 3. The summed E-state index contributed by atoms with van der Waals surface area (Å²) in [5.74, 6) is 0. The van der Waals surface area contributed by atoms with Gasteiger partial charge in [0, 0.05) is 30.4 Å². The second-order valence-electron chi connectivity index (χ2n) is 9.72. The van der Waals surface area contributed by atoms with Crippen molar-refractivity contribution in [3.8, 4) is 23.0 Å². The fraction of sp³-hybridized carbons (Fsp3) is 0.194. The van der Waals surface area contributed by atoms with Crippen LogP contribution in [0.1, 0.15) is 36.3 Å². The number of thiazole rings is 1. The Balaban J connectivity index is 1.46. The van der Waals surface area contributed by atoms with Gasteiger partial charge in [0.2, 0.25) is 10.0 Å². The van der Waals surface area contributed by atoms with Crippen molar-refractivity contribution in [1.82, 2.24) is 19.1 Å². The molecule has 0 aliphatic carbocycles. The number of benzene rings is 3. The summed E-state index contributed by atoms with van der Waals surface area (Å²) >= 11 is 1.46. The SMILES string of the molecule is N#C/C(=C/c1cn(-c2ccccc2)nc1-c1cccc(S(=O)(=O)N2CCCCCC2)c1)c1nc2ccccc2s1. The summed E-state index contributed by atoms with van der Waals surface area (Å²) in [5.41, 5.74) is 4.07. The molecular formula is C31H27N5O2S2. The Morgan fingerprint density at radius 3 is 2.42 bits per heavy atom. The van der Waals surface area contributed by atoms with Crippen molar-refractivity contribution in [3.05, 3.63) is 95.6 Å². The molecule has 0 atom stereocenters. The number of rotatable bonds is 6. The van der Waals surface area contributed by atoms with Gasteiger partial charge in [0.1, 0.15) is 16.8 Å².